The van der Waals surface area contributed by atoms with Crippen LogP contribution in [-0.2, 0) is 9.47 Å². The van der Waals surface area contributed by atoms with Crippen molar-refractivity contribution in [1.29, 1.82) is 0 Å². The van der Waals surface area contributed by atoms with Crippen LogP contribution in [0.15, 0.2) is 0 Å². The highest BCUT2D eigenvalue weighted by Gasteiger charge is 2.36. The van der Waals surface area contributed by atoms with Crippen LogP contribution in [0.1, 0.15) is 80.6 Å². The third-order valence-corrected chi connectivity index (χ3v) is 4.60. The zero-order chi connectivity index (χ0) is 21.5. The van der Waals surface area contributed by atoms with E-state index in [-0.39, 0.29) is 24.3 Å². The molecule has 0 saturated carbocycles. The van der Waals surface area contributed by atoms with Crippen LogP contribution in [0.2, 0.25) is 0 Å². The molecule has 2 amide bonds. The van der Waals surface area contributed by atoms with Crippen LogP contribution in [0, 0.1) is 12.3 Å². The lowest BCUT2D eigenvalue weighted by Crippen LogP contribution is -2.54. The van der Waals surface area contributed by atoms with Crippen molar-refractivity contribution in [1.82, 2.24) is 9.80 Å². The highest BCUT2D eigenvalue weighted by molar-refractivity contribution is 5.70. The lowest BCUT2D eigenvalue weighted by Gasteiger charge is -2.42. The van der Waals surface area contributed by atoms with E-state index in [9.17, 15) is 9.59 Å². The molecule has 1 atom stereocenters. The van der Waals surface area contributed by atoms with Gasteiger partial charge in [0, 0.05) is 31.6 Å². The molecule has 1 rings (SSSR count). The molecule has 1 unspecified atom stereocenters. The van der Waals surface area contributed by atoms with Gasteiger partial charge in [-0.15, -0.1) is 12.3 Å². The summed E-state index contributed by atoms with van der Waals surface area (Å²) < 4.78 is 11.2. The molecule has 0 bridgehead atoms. The fraction of sp³-hybridized carbons (Fsp3) is 0.818. The molecule has 0 spiro atoms. The molecule has 0 N–H and O–H groups in total. The number of likely N-dealkylation sites (tertiary alicyclic amines) is 1. The van der Waals surface area contributed by atoms with Crippen LogP contribution in [0.4, 0.5) is 9.59 Å². The summed E-state index contributed by atoms with van der Waals surface area (Å²) in [4.78, 5) is 28.9. The molecule has 28 heavy (non-hydrogen) atoms. The number of nitrogens with zero attached hydrogens (tertiary/aromatic N) is 2. The smallest absolute Gasteiger partial charge is 0.410 e. The molecule has 6 heteroatoms. The van der Waals surface area contributed by atoms with Crippen molar-refractivity contribution in [3.8, 4) is 12.3 Å². The van der Waals surface area contributed by atoms with Crippen molar-refractivity contribution < 1.29 is 19.1 Å². The van der Waals surface area contributed by atoms with Crippen LogP contribution in [0.25, 0.3) is 0 Å². The quantitative estimate of drug-likeness (QED) is 0.628. The number of hydrogen-bond acceptors (Lipinski definition) is 4. The van der Waals surface area contributed by atoms with Crippen molar-refractivity contribution in [3.63, 3.8) is 0 Å². The van der Waals surface area contributed by atoms with Crippen molar-refractivity contribution >= 4 is 12.2 Å². The average molecular weight is 395 g/mol. The summed E-state index contributed by atoms with van der Waals surface area (Å²) in [6, 6.07) is 0.0558. The maximum atomic E-state index is 13.0. The van der Waals surface area contributed by atoms with Gasteiger partial charge in [-0.3, -0.25) is 0 Å². The Morgan fingerprint density at radius 1 is 1.11 bits per heavy atom. The van der Waals surface area contributed by atoms with Crippen molar-refractivity contribution in [2.45, 2.75) is 104 Å². The molecule has 0 radical (unpaired) electrons. The SMILES string of the molecule is C#CCCC(CC)N(C(=O)OC(C)(C)C)C1CCN(C(=O)OC(C)(C)C)CC1. The van der Waals surface area contributed by atoms with E-state index in [1.165, 1.54) is 0 Å². The van der Waals surface area contributed by atoms with E-state index in [0.717, 1.165) is 12.8 Å². The second kappa shape index (κ2) is 10.0. The standard InChI is InChI=1S/C22H38N2O4/c1-9-11-12-17(10-2)24(20(26)28-22(6,7)8)18-13-15-23(16-14-18)19(25)27-21(3,4)5/h1,17-18H,10-16H2,2-8H3. The summed E-state index contributed by atoms with van der Waals surface area (Å²) in [5.74, 6) is 2.67. The van der Waals surface area contributed by atoms with E-state index in [4.69, 9.17) is 15.9 Å². The Kier molecular flexibility index (Phi) is 8.66. The summed E-state index contributed by atoms with van der Waals surface area (Å²) in [5.41, 5.74) is -1.07. The van der Waals surface area contributed by atoms with E-state index in [1.807, 2.05) is 46.4 Å². The molecule has 1 heterocycles. The minimum atomic E-state index is -0.559. The van der Waals surface area contributed by atoms with Crippen LogP contribution in [-0.4, -0.2) is 58.4 Å². The Balaban J connectivity index is 2.87. The predicted molar refractivity (Wildman–Crippen MR) is 111 cm³/mol. The van der Waals surface area contributed by atoms with Crippen molar-refractivity contribution in [2.75, 3.05) is 13.1 Å². The van der Waals surface area contributed by atoms with Gasteiger partial charge in [0.1, 0.15) is 11.2 Å². The molecule has 1 fully saturated rings. The minimum Gasteiger partial charge on any atom is -0.444 e. The molecule has 0 aromatic heterocycles. The third kappa shape index (κ3) is 8.00. The fourth-order valence-corrected chi connectivity index (χ4v) is 3.35. The Labute approximate surface area is 170 Å². The van der Waals surface area contributed by atoms with E-state index in [1.54, 1.807) is 4.90 Å². The number of hydrogen-bond donors (Lipinski definition) is 0. The Morgan fingerprint density at radius 3 is 2.07 bits per heavy atom. The first-order valence-corrected chi connectivity index (χ1v) is 10.3. The van der Waals surface area contributed by atoms with Gasteiger partial charge in [0.05, 0.1) is 0 Å². The van der Waals surface area contributed by atoms with E-state index in [2.05, 4.69) is 12.8 Å². The summed E-state index contributed by atoms with van der Waals surface area (Å²) in [6.07, 6.45) is 8.43. The van der Waals surface area contributed by atoms with Crippen LogP contribution >= 0.6 is 0 Å². The molecule has 0 aromatic rings. The number of amides is 2. The summed E-state index contributed by atoms with van der Waals surface area (Å²) in [6.45, 7) is 14.4. The van der Waals surface area contributed by atoms with Gasteiger partial charge >= 0.3 is 12.2 Å². The molecular formula is C22H38N2O4. The molecular weight excluding hydrogens is 356 g/mol. The normalized spacial score (nSPS) is 16.9. The van der Waals surface area contributed by atoms with Crippen LogP contribution in [0.5, 0.6) is 0 Å². The maximum Gasteiger partial charge on any atom is 0.410 e. The van der Waals surface area contributed by atoms with Crippen molar-refractivity contribution in [3.05, 3.63) is 0 Å². The highest BCUT2D eigenvalue weighted by Crippen LogP contribution is 2.26. The first-order valence-electron chi connectivity index (χ1n) is 10.3. The molecule has 6 nitrogen and oxygen atoms in total. The minimum absolute atomic E-state index is 0.0243. The Morgan fingerprint density at radius 2 is 1.64 bits per heavy atom. The number of piperidine rings is 1. The number of carbonyl (C=O) groups excluding carboxylic acids is 2. The lowest BCUT2D eigenvalue weighted by molar-refractivity contribution is -0.0108. The van der Waals surface area contributed by atoms with Gasteiger partial charge in [0.2, 0.25) is 0 Å². The molecule has 160 valence electrons. The third-order valence-electron chi connectivity index (χ3n) is 4.60. The largest absolute Gasteiger partial charge is 0.444 e. The van der Waals surface area contributed by atoms with Crippen LogP contribution in [0.3, 0.4) is 0 Å². The first kappa shape index (κ1) is 24.1. The Bertz CT molecular complexity index is 561. The zero-order valence-electron chi connectivity index (χ0n) is 18.7. The van der Waals surface area contributed by atoms with Crippen molar-refractivity contribution in [2.24, 2.45) is 0 Å². The van der Waals surface area contributed by atoms with Crippen LogP contribution < -0.4 is 0 Å². The van der Waals surface area contributed by atoms with Gasteiger partial charge in [-0.1, -0.05) is 6.92 Å². The second-order valence-electron chi connectivity index (χ2n) is 9.39. The summed E-state index contributed by atoms with van der Waals surface area (Å²) >= 11 is 0. The highest BCUT2D eigenvalue weighted by atomic mass is 16.6. The number of carbonyl (C=O) groups is 2. The monoisotopic (exact) mass is 394 g/mol. The van der Waals surface area contributed by atoms with Gasteiger partial charge in [-0.25, -0.2) is 9.59 Å². The molecule has 0 aliphatic carbocycles. The average Bonchev–Trinajstić information content (AvgIpc) is 2.55. The first-order chi connectivity index (χ1) is 12.9. The summed E-state index contributed by atoms with van der Waals surface area (Å²) in [7, 11) is 0. The zero-order valence-corrected chi connectivity index (χ0v) is 18.7. The van der Waals surface area contributed by atoms with E-state index >= 15 is 0 Å². The summed E-state index contributed by atoms with van der Waals surface area (Å²) in [5, 5.41) is 0. The molecule has 0 aromatic carbocycles. The predicted octanol–water partition coefficient (Wildman–Crippen LogP) is 4.82. The van der Waals surface area contributed by atoms with Gasteiger partial charge in [-0.05, 0) is 67.2 Å². The number of rotatable bonds is 5. The van der Waals surface area contributed by atoms with E-state index in [0.29, 0.717) is 32.4 Å². The molecule has 1 aliphatic rings. The number of terminal acetylenes is 1. The van der Waals surface area contributed by atoms with Gasteiger partial charge < -0.3 is 19.3 Å². The maximum absolute atomic E-state index is 13.0. The van der Waals surface area contributed by atoms with Gasteiger partial charge in [-0.2, -0.15) is 0 Å². The Hall–Kier alpha value is -1.90. The number of ether oxygens (including phenoxy) is 2. The lowest BCUT2D eigenvalue weighted by atomic mass is 9.98. The molecule has 1 saturated heterocycles. The fourth-order valence-electron chi connectivity index (χ4n) is 3.35. The van der Waals surface area contributed by atoms with Gasteiger partial charge in [0.25, 0.3) is 0 Å². The topological polar surface area (TPSA) is 59.1 Å². The van der Waals surface area contributed by atoms with E-state index < -0.39 is 11.2 Å². The molecule has 1 aliphatic heterocycles. The second-order valence-corrected chi connectivity index (χ2v) is 9.39. The van der Waals surface area contributed by atoms with Gasteiger partial charge in [0.15, 0.2) is 0 Å².